The number of rotatable bonds is 14. The van der Waals surface area contributed by atoms with E-state index >= 15 is 0 Å². The van der Waals surface area contributed by atoms with Crippen molar-refractivity contribution in [2.24, 2.45) is 7.05 Å². The highest BCUT2D eigenvalue weighted by molar-refractivity contribution is 6.35. The number of esters is 1. The second-order valence-corrected chi connectivity index (χ2v) is 11.5. The second-order valence-electron chi connectivity index (χ2n) is 11.1. The summed E-state index contributed by atoms with van der Waals surface area (Å²) in [4.78, 5) is 18.8. The summed E-state index contributed by atoms with van der Waals surface area (Å²) in [6.45, 7) is 5.60. The Bertz CT molecular complexity index is 1750. The standard InChI is InChI=1S/C35H41ClN4O4/c1-5-43-35(42)33-26(16-12-22-44-29-17-11-14-24-13-7-8-15-25(24)29)27-18-19-28(36)31(32(27)37-33)30-23(2)40(4)38-34(30)39(3)20-9-6-10-21-41/h7-8,11,13-15,17-19,37,41H,5-6,9-10,12,16,20-22H2,1-4H3. The van der Waals surface area contributed by atoms with E-state index in [2.05, 4.69) is 28.1 Å². The minimum Gasteiger partial charge on any atom is -0.493 e. The lowest BCUT2D eigenvalue weighted by Gasteiger charge is -2.19. The molecule has 0 unspecified atom stereocenters. The molecule has 0 spiro atoms. The number of aliphatic hydroxyl groups excluding tert-OH is 1. The van der Waals surface area contributed by atoms with E-state index in [9.17, 15) is 9.90 Å². The van der Waals surface area contributed by atoms with Crippen molar-refractivity contribution in [3.8, 4) is 16.9 Å². The number of benzene rings is 3. The predicted molar refractivity (Wildman–Crippen MR) is 178 cm³/mol. The maximum atomic E-state index is 13.2. The van der Waals surface area contributed by atoms with Crippen LogP contribution in [-0.2, 0) is 18.2 Å². The van der Waals surface area contributed by atoms with Gasteiger partial charge in [0.2, 0.25) is 0 Å². The molecule has 9 heteroatoms. The van der Waals surface area contributed by atoms with Gasteiger partial charge in [0.1, 0.15) is 11.4 Å². The van der Waals surface area contributed by atoms with Crippen molar-refractivity contribution in [1.29, 1.82) is 0 Å². The smallest absolute Gasteiger partial charge is 0.355 e. The van der Waals surface area contributed by atoms with Gasteiger partial charge in [-0.3, -0.25) is 4.68 Å². The zero-order chi connectivity index (χ0) is 31.2. The number of aromatic amines is 1. The molecule has 0 amide bonds. The first-order valence-electron chi connectivity index (χ1n) is 15.3. The number of aromatic nitrogens is 3. The monoisotopic (exact) mass is 616 g/mol. The first-order chi connectivity index (χ1) is 21.3. The van der Waals surface area contributed by atoms with Crippen molar-refractivity contribution in [1.82, 2.24) is 14.8 Å². The zero-order valence-corrected chi connectivity index (χ0v) is 26.7. The fraction of sp³-hybridized carbons (Fsp3) is 0.371. The molecule has 5 rings (SSSR count). The van der Waals surface area contributed by atoms with E-state index < -0.39 is 0 Å². The van der Waals surface area contributed by atoms with Crippen molar-refractivity contribution in [3.63, 3.8) is 0 Å². The van der Waals surface area contributed by atoms with E-state index in [0.717, 1.165) is 81.4 Å². The maximum Gasteiger partial charge on any atom is 0.355 e. The van der Waals surface area contributed by atoms with Crippen molar-refractivity contribution in [3.05, 3.63) is 76.6 Å². The number of ether oxygens (including phenoxy) is 2. The summed E-state index contributed by atoms with van der Waals surface area (Å²) in [5.74, 6) is 1.28. The molecule has 2 N–H and O–H groups in total. The summed E-state index contributed by atoms with van der Waals surface area (Å²) in [5, 5.41) is 17.7. The molecule has 0 radical (unpaired) electrons. The normalized spacial score (nSPS) is 11.4. The Morgan fingerprint density at radius 3 is 2.61 bits per heavy atom. The molecular weight excluding hydrogens is 576 g/mol. The Kier molecular flexibility index (Phi) is 10.1. The summed E-state index contributed by atoms with van der Waals surface area (Å²) < 4.78 is 13.6. The van der Waals surface area contributed by atoms with Crippen molar-refractivity contribution in [2.45, 2.75) is 46.0 Å². The third-order valence-corrected chi connectivity index (χ3v) is 8.48. The van der Waals surface area contributed by atoms with E-state index in [1.807, 2.05) is 69.0 Å². The number of anilines is 1. The number of hydrogen-bond acceptors (Lipinski definition) is 6. The summed E-state index contributed by atoms with van der Waals surface area (Å²) in [6, 6.07) is 18.1. The molecule has 0 aliphatic rings. The van der Waals surface area contributed by atoms with E-state index in [1.165, 1.54) is 0 Å². The quantitative estimate of drug-likeness (QED) is 0.0993. The van der Waals surface area contributed by atoms with Gasteiger partial charge in [-0.25, -0.2) is 4.79 Å². The van der Waals surface area contributed by atoms with Gasteiger partial charge in [0.15, 0.2) is 5.82 Å². The SMILES string of the molecule is CCOC(=O)c1[nH]c2c(-c3c(N(C)CCCCCO)nn(C)c3C)c(Cl)ccc2c1CCCOc1cccc2ccccc12. The summed E-state index contributed by atoms with van der Waals surface area (Å²) in [5.41, 5.74) is 4.82. The van der Waals surface area contributed by atoms with Gasteiger partial charge in [0.05, 0.1) is 29.3 Å². The van der Waals surface area contributed by atoms with Gasteiger partial charge < -0.3 is 24.5 Å². The summed E-state index contributed by atoms with van der Waals surface area (Å²) in [6.07, 6.45) is 3.97. The molecule has 5 aromatic rings. The number of halogens is 1. The molecule has 2 heterocycles. The molecule has 0 fully saturated rings. The maximum absolute atomic E-state index is 13.2. The van der Waals surface area contributed by atoms with Gasteiger partial charge in [0, 0.05) is 49.3 Å². The lowest BCUT2D eigenvalue weighted by atomic mass is 9.99. The van der Waals surface area contributed by atoms with Crippen LogP contribution in [0, 0.1) is 6.92 Å². The van der Waals surface area contributed by atoms with Crippen molar-refractivity contribution < 1.29 is 19.4 Å². The Morgan fingerprint density at radius 1 is 1.02 bits per heavy atom. The van der Waals surface area contributed by atoms with Crippen LogP contribution in [0.2, 0.25) is 5.02 Å². The lowest BCUT2D eigenvalue weighted by Crippen LogP contribution is -2.20. The fourth-order valence-corrected chi connectivity index (χ4v) is 6.07. The number of aliphatic hydroxyl groups is 1. The molecule has 232 valence electrons. The van der Waals surface area contributed by atoms with Gasteiger partial charge in [-0.1, -0.05) is 54.1 Å². The number of carbonyl (C=O) groups is 1. The van der Waals surface area contributed by atoms with Gasteiger partial charge in [0.25, 0.3) is 0 Å². The molecule has 0 bridgehead atoms. The number of nitrogens with zero attached hydrogens (tertiary/aromatic N) is 3. The van der Waals surface area contributed by atoms with Gasteiger partial charge in [-0.15, -0.1) is 0 Å². The number of aryl methyl sites for hydroxylation is 2. The van der Waals surface area contributed by atoms with E-state index in [0.29, 0.717) is 30.2 Å². The Morgan fingerprint density at radius 2 is 1.82 bits per heavy atom. The number of H-pyrrole nitrogens is 1. The highest BCUT2D eigenvalue weighted by Crippen LogP contribution is 2.43. The Hall–Kier alpha value is -4.01. The van der Waals surface area contributed by atoms with E-state index in [1.54, 1.807) is 0 Å². The first-order valence-corrected chi connectivity index (χ1v) is 15.7. The summed E-state index contributed by atoms with van der Waals surface area (Å²) in [7, 11) is 3.95. The molecule has 44 heavy (non-hydrogen) atoms. The molecule has 0 aliphatic carbocycles. The average molecular weight is 617 g/mol. The van der Waals surface area contributed by atoms with Gasteiger partial charge in [-0.2, -0.15) is 5.10 Å². The predicted octanol–water partition coefficient (Wildman–Crippen LogP) is 7.47. The highest BCUT2D eigenvalue weighted by atomic mass is 35.5. The lowest BCUT2D eigenvalue weighted by molar-refractivity contribution is 0.0519. The van der Waals surface area contributed by atoms with Gasteiger partial charge in [-0.05, 0) is 69.0 Å². The van der Waals surface area contributed by atoms with Crippen molar-refractivity contribution in [2.75, 3.05) is 38.3 Å². The summed E-state index contributed by atoms with van der Waals surface area (Å²) >= 11 is 6.95. The van der Waals surface area contributed by atoms with Crippen LogP contribution in [-0.4, -0.2) is 59.3 Å². The second kappa shape index (κ2) is 14.2. The molecular formula is C35H41ClN4O4. The third-order valence-electron chi connectivity index (χ3n) is 8.17. The molecule has 0 saturated heterocycles. The van der Waals surface area contributed by atoms with E-state index in [-0.39, 0.29) is 19.2 Å². The third kappa shape index (κ3) is 6.42. The number of carbonyl (C=O) groups excluding carboxylic acids is 1. The number of unbranched alkanes of at least 4 members (excludes halogenated alkanes) is 2. The number of nitrogens with one attached hydrogen (secondary N) is 1. The van der Waals surface area contributed by atoms with Crippen LogP contribution < -0.4 is 9.64 Å². The van der Waals surface area contributed by atoms with Crippen LogP contribution in [0.1, 0.15) is 54.4 Å². The van der Waals surface area contributed by atoms with Crippen LogP contribution in [0.3, 0.4) is 0 Å². The molecule has 3 aromatic carbocycles. The number of hydrogen-bond donors (Lipinski definition) is 2. The Labute approximate surface area is 263 Å². The molecule has 0 saturated carbocycles. The highest BCUT2D eigenvalue weighted by Gasteiger charge is 2.26. The molecule has 2 aromatic heterocycles. The zero-order valence-electron chi connectivity index (χ0n) is 26.0. The Balaban J connectivity index is 1.49. The van der Waals surface area contributed by atoms with Crippen molar-refractivity contribution >= 4 is 45.1 Å². The minimum atomic E-state index is -0.389. The molecule has 8 nitrogen and oxygen atoms in total. The average Bonchev–Trinajstić information content (AvgIpc) is 3.54. The van der Waals surface area contributed by atoms with E-state index in [4.69, 9.17) is 26.2 Å². The van der Waals surface area contributed by atoms with Gasteiger partial charge >= 0.3 is 5.97 Å². The van der Waals surface area contributed by atoms with Crippen LogP contribution in [0.5, 0.6) is 5.75 Å². The van der Waals surface area contributed by atoms with Crippen LogP contribution in [0.15, 0.2) is 54.6 Å². The molecule has 0 aliphatic heterocycles. The van der Waals surface area contributed by atoms with Crippen LogP contribution in [0.4, 0.5) is 5.82 Å². The van der Waals surface area contributed by atoms with Crippen LogP contribution >= 0.6 is 11.6 Å². The first kappa shape index (κ1) is 31.4. The van der Waals surface area contributed by atoms with Crippen LogP contribution in [0.25, 0.3) is 32.8 Å². The fourth-order valence-electron chi connectivity index (χ4n) is 5.82. The molecule has 0 atom stereocenters. The topological polar surface area (TPSA) is 92.6 Å². The largest absolute Gasteiger partial charge is 0.493 e. The minimum absolute atomic E-state index is 0.197. The number of fused-ring (bicyclic) bond motifs is 2.